The van der Waals surface area contributed by atoms with Gasteiger partial charge in [-0.3, -0.25) is 9.63 Å². The number of carbonyl (C=O) groups is 2. The summed E-state index contributed by atoms with van der Waals surface area (Å²) in [6, 6.07) is 6.51. The first-order valence-electron chi connectivity index (χ1n) is 4.55. The lowest BCUT2D eigenvalue weighted by atomic mass is 10.1. The molecule has 0 aromatic heterocycles. The molecule has 0 bridgehead atoms. The van der Waals surface area contributed by atoms with Crippen LogP contribution in [0.1, 0.15) is 15.9 Å². The molecule has 1 aromatic rings. The zero-order chi connectivity index (χ0) is 12.0. The van der Waals surface area contributed by atoms with E-state index < -0.39 is 11.9 Å². The Bertz CT molecular complexity index is 392. The van der Waals surface area contributed by atoms with Gasteiger partial charge in [0.1, 0.15) is 6.61 Å². The van der Waals surface area contributed by atoms with Crippen molar-refractivity contribution < 1.29 is 19.5 Å². The Labute approximate surface area is 92.0 Å². The van der Waals surface area contributed by atoms with Gasteiger partial charge in [-0.25, -0.2) is 4.79 Å². The summed E-state index contributed by atoms with van der Waals surface area (Å²) in [5.41, 5.74) is 8.08. The fourth-order valence-corrected chi connectivity index (χ4v) is 1.13. The Morgan fingerprint density at radius 3 is 2.69 bits per heavy atom. The largest absolute Gasteiger partial charge is 0.478 e. The lowest BCUT2D eigenvalue weighted by Crippen LogP contribution is -2.25. The highest BCUT2D eigenvalue weighted by Crippen LogP contribution is 2.08. The van der Waals surface area contributed by atoms with Crippen LogP contribution in [-0.4, -0.2) is 23.6 Å². The predicted octanol–water partition coefficient (Wildman–Crippen LogP) is -0.109. The van der Waals surface area contributed by atoms with Crippen LogP contribution in [0.25, 0.3) is 0 Å². The Morgan fingerprint density at radius 2 is 2.06 bits per heavy atom. The molecule has 0 spiro atoms. The third-order valence-electron chi connectivity index (χ3n) is 1.83. The molecule has 0 aliphatic carbocycles. The van der Waals surface area contributed by atoms with E-state index in [1.807, 2.05) is 0 Å². The van der Waals surface area contributed by atoms with Crippen molar-refractivity contribution in [3.05, 3.63) is 35.4 Å². The number of aromatic carboxylic acids is 1. The molecule has 0 heterocycles. The minimum absolute atomic E-state index is 0.190. The molecular formula is C10H12N2O4. The number of nitrogens with two attached hydrogens (primary N) is 1. The summed E-state index contributed by atoms with van der Waals surface area (Å²) in [5, 5.41) is 8.87. The van der Waals surface area contributed by atoms with E-state index in [4.69, 9.17) is 15.7 Å². The third kappa shape index (κ3) is 3.68. The van der Waals surface area contributed by atoms with Crippen molar-refractivity contribution in [1.29, 1.82) is 0 Å². The van der Waals surface area contributed by atoms with Crippen LogP contribution < -0.4 is 11.2 Å². The van der Waals surface area contributed by atoms with Gasteiger partial charge in [-0.15, -0.1) is 0 Å². The van der Waals surface area contributed by atoms with Crippen LogP contribution in [0, 0.1) is 0 Å². The molecule has 0 atom stereocenters. The predicted molar refractivity (Wildman–Crippen MR) is 55.4 cm³/mol. The van der Waals surface area contributed by atoms with Crippen LogP contribution in [0.5, 0.6) is 0 Å². The third-order valence-corrected chi connectivity index (χ3v) is 1.83. The molecule has 0 saturated heterocycles. The first-order chi connectivity index (χ1) is 7.61. The minimum atomic E-state index is -1.01. The second-order valence-corrected chi connectivity index (χ2v) is 3.04. The highest BCUT2D eigenvalue weighted by Gasteiger charge is 2.08. The number of primary amides is 1. The number of carboxylic acids is 1. The van der Waals surface area contributed by atoms with Gasteiger partial charge in [-0.2, -0.15) is 5.48 Å². The normalized spacial score (nSPS) is 10.0. The van der Waals surface area contributed by atoms with Crippen molar-refractivity contribution in [2.75, 3.05) is 6.61 Å². The molecule has 0 unspecified atom stereocenters. The van der Waals surface area contributed by atoms with Crippen molar-refractivity contribution in [2.45, 2.75) is 6.54 Å². The highest BCUT2D eigenvalue weighted by molar-refractivity contribution is 5.89. The first-order valence-corrected chi connectivity index (χ1v) is 4.55. The lowest BCUT2D eigenvalue weighted by Gasteiger charge is -2.06. The van der Waals surface area contributed by atoms with Gasteiger partial charge in [-0.1, -0.05) is 18.2 Å². The number of hydrogen-bond acceptors (Lipinski definition) is 4. The average molecular weight is 224 g/mol. The quantitative estimate of drug-likeness (QED) is 0.462. The smallest absolute Gasteiger partial charge is 0.336 e. The van der Waals surface area contributed by atoms with Gasteiger partial charge in [0, 0.05) is 6.54 Å². The standard InChI is InChI=1S/C10H12N2O4/c11-9(13)6-16-12-5-7-3-1-2-4-8(7)10(14)15/h1-4,12H,5-6H2,(H2,11,13)(H,14,15). The molecule has 0 saturated carbocycles. The number of carboxylic acid groups (broad SMARTS) is 1. The second kappa shape index (κ2) is 5.84. The van der Waals surface area contributed by atoms with Crippen molar-refractivity contribution in [1.82, 2.24) is 5.48 Å². The Kier molecular flexibility index (Phi) is 4.43. The maximum Gasteiger partial charge on any atom is 0.336 e. The maximum absolute atomic E-state index is 10.8. The summed E-state index contributed by atoms with van der Waals surface area (Å²) < 4.78 is 0. The number of rotatable bonds is 6. The van der Waals surface area contributed by atoms with Crippen LogP contribution in [0.3, 0.4) is 0 Å². The van der Waals surface area contributed by atoms with Gasteiger partial charge in [-0.05, 0) is 11.6 Å². The molecule has 16 heavy (non-hydrogen) atoms. The molecule has 4 N–H and O–H groups in total. The van der Waals surface area contributed by atoms with Crippen molar-refractivity contribution in [2.24, 2.45) is 5.73 Å². The zero-order valence-electron chi connectivity index (χ0n) is 8.47. The van der Waals surface area contributed by atoms with Crippen LogP contribution in [-0.2, 0) is 16.2 Å². The molecule has 1 rings (SSSR count). The van der Waals surface area contributed by atoms with E-state index >= 15 is 0 Å². The topological polar surface area (TPSA) is 102 Å². The second-order valence-electron chi connectivity index (χ2n) is 3.04. The fraction of sp³-hybridized carbons (Fsp3) is 0.200. The minimum Gasteiger partial charge on any atom is -0.478 e. The van der Waals surface area contributed by atoms with Gasteiger partial charge in [0.15, 0.2) is 0 Å². The van der Waals surface area contributed by atoms with Crippen LogP contribution in [0.4, 0.5) is 0 Å². The Balaban J connectivity index is 2.53. The molecule has 0 radical (unpaired) electrons. The summed E-state index contributed by atoms with van der Waals surface area (Å²) in [4.78, 5) is 25.9. The number of nitrogens with one attached hydrogen (secondary N) is 1. The number of hydrogen-bond donors (Lipinski definition) is 3. The van der Waals surface area contributed by atoms with Gasteiger partial charge >= 0.3 is 5.97 Å². The fourth-order valence-electron chi connectivity index (χ4n) is 1.13. The number of hydroxylamine groups is 1. The van der Waals surface area contributed by atoms with Crippen LogP contribution >= 0.6 is 0 Å². The average Bonchev–Trinajstić information content (AvgIpc) is 2.24. The van der Waals surface area contributed by atoms with Crippen molar-refractivity contribution in [3.8, 4) is 0 Å². The lowest BCUT2D eigenvalue weighted by molar-refractivity contribution is -0.125. The van der Waals surface area contributed by atoms with Gasteiger partial charge in [0.05, 0.1) is 5.56 Å². The molecule has 0 aliphatic heterocycles. The summed E-state index contributed by atoms with van der Waals surface area (Å²) >= 11 is 0. The van der Waals surface area contributed by atoms with E-state index in [1.165, 1.54) is 6.07 Å². The number of carbonyl (C=O) groups excluding carboxylic acids is 1. The molecule has 0 fully saturated rings. The van der Waals surface area contributed by atoms with E-state index in [9.17, 15) is 9.59 Å². The van der Waals surface area contributed by atoms with Gasteiger partial charge < -0.3 is 10.8 Å². The zero-order valence-corrected chi connectivity index (χ0v) is 8.47. The van der Waals surface area contributed by atoms with Crippen molar-refractivity contribution >= 4 is 11.9 Å². The maximum atomic E-state index is 10.8. The van der Waals surface area contributed by atoms with Crippen LogP contribution in [0.2, 0.25) is 0 Å². The van der Waals surface area contributed by atoms with Gasteiger partial charge in [0.2, 0.25) is 5.91 Å². The first kappa shape index (κ1) is 12.2. The molecule has 6 heteroatoms. The summed E-state index contributed by atoms with van der Waals surface area (Å²) in [7, 11) is 0. The molecule has 6 nitrogen and oxygen atoms in total. The Morgan fingerprint density at radius 1 is 1.38 bits per heavy atom. The summed E-state index contributed by atoms with van der Waals surface area (Å²) in [6.07, 6.45) is 0. The number of amides is 1. The van der Waals surface area contributed by atoms with E-state index in [0.29, 0.717) is 5.56 Å². The van der Waals surface area contributed by atoms with Crippen molar-refractivity contribution in [3.63, 3.8) is 0 Å². The van der Waals surface area contributed by atoms with E-state index in [-0.39, 0.29) is 18.7 Å². The van der Waals surface area contributed by atoms with E-state index in [2.05, 4.69) is 5.48 Å². The molecule has 0 aliphatic rings. The number of benzene rings is 1. The van der Waals surface area contributed by atoms with Crippen LogP contribution in [0.15, 0.2) is 24.3 Å². The van der Waals surface area contributed by atoms with E-state index in [0.717, 1.165) is 0 Å². The monoisotopic (exact) mass is 224 g/mol. The SMILES string of the molecule is NC(=O)CONCc1ccccc1C(=O)O. The van der Waals surface area contributed by atoms with Gasteiger partial charge in [0.25, 0.3) is 0 Å². The molecule has 1 aromatic carbocycles. The molecule has 86 valence electrons. The summed E-state index contributed by atoms with van der Waals surface area (Å²) in [6.45, 7) is -0.0645. The summed E-state index contributed by atoms with van der Waals surface area (Å²) in [5.74, 6) is -1.61. The molecule has 1 amide bonds. The highest BCUT2D eigenvalue weighted by atomic mass is 16.6. The van der Waals surface area contributed by atoms with E-state index in [1.54, 1.807) is 18.2 Å². The Hall–Kier alpha value is -1.92. The molecular weight excluding hydrogens is 212 g/mol.